The van der Waals surface area contributed by atoms with E-state index in [4.69, 9.17) is 14.2 Å². The number of ether oxygens (including phenoxy) is 3. The fraction of sp³-hybridized carbons (Fsp3) is 0.111. The van der Waals surface area contributed by atoms with Crippen LogP contribution in [0, 0.1) is 6.92 Å². The number of hydrazone groups is 1. The summed E-state index contributed by atoms with van der Waals surface area (Å²) < 4.78 is 41.4. The molecule has 0 spiro atoms. The molecular weight excluding hydrogens is 480 g/mol. The highest BCUT2D eigenvalue weighted by molar-refractivity contribution is 7.89. The minimum absolute atomic E-state index is 0.0864. The van der Waals surface area contributed by atoms with Crippen molar-refractivity contribution < 1.29 is 27.4 Å². The zero-order valence-electron chi connectivity index (χ0n) is 19.9. The highest BCUT2D eigenvalue weighted by Crippen LogP contribution is 2.30. The Bertz CT molecular complexity index is 1550. The number of hydrogen-bond donors (Lipinski definition) is 1. The van der Waals surface area contributed by atoms with Gasteiger partial charge in [0, 0.05) is 5.56 Å². The number of esters is 1. The van der Waals surface area contributed by atoms with Gasteiger partial charge >= 0.3 is 5.97 Å². The predicted molar refractivity (Wildman–Crippen MR) is 138 cm³/mol. The molecule has 0 atom stereocenters. The molecule has 0 aliphatic rings. The molecule has 1 N–H and O–H groups in total. The van der Waals surface area contributed by atoms with Crippen molar-refractivity contribution in [2.75, 3.05) is 14.2 Å². The number of fused-ring (bicyclic) bond motifs is 1. The van der Waals surface area contributed by atoms with Crippen molar-refractivity contribution in [1.29, 1.82) is 0 Å². The van der Waals surface area contributed by atoms with Gasteiger partial charge in [0.25, 0.3) is 10.0 Å². The minimum Gasteiger partial charge on any atom is -0.493 e. The summed E-state index contributed by atoms with van der Waals surface area (Å²) in [6, 6.07) is 22.0. The van der Waals surface area contributed by atoms with E-state index in [9.17, 15) is 13.2 Å². The number of rotatable bonds is 8. The van der Waals surface area contributed by atoms with Crippen LogP contribution in [-0.4, -0.2) is 34.8 Å². The van der Waals surface area contributed by atoms with E-state index in [1.807, 2.05) is 31.2 Å². The van der Waals surface area contributed by atoms with Crippen molar-refractivity contribution in [2.45, 2.75) is 11.8 Å². The van der Waals surface area contributed by atoms with E-state index < -0.39 is 16.0 Å². The second-order valence-corrected chi connectivity index (χ2v) is 9.48. The molecule has 0 aromatic heterocycles. The summed E-state index contributed by atoms with van der Waals surface area (Å²) in [6.07, 6.45) is 1.32. The molecule has 0 amide bonds. The molecule has 0 bridgehead atoms. The number of aryl methyl sites for hydroxylation is 1. The second kappa shape index (κ2) is 10.5. The highest BCUT2D eigenvalue weighted by Gasteiger charge is 2.17. The molecule has 0 saturated heterocycles. The Balaban J connectivity index is 1.66. The Morgan fingerprint density at radius 1 is 0.861 bits per heavy atom. The minimum atomic E-state index is -3.88. The van der Waals surface area contributed by atoms with Gasteiger partial charge in [-0.15, -0.1) is 0 Å². The van der Waals surface area contributed by atoms with E-state index in [0.29, 0.717) is 17.1 Å². The molecule has 4 rings (SSSR count). The van der Waals surface area contributed by atoms with E-state index in [1.165, 1.54) is 38.6 Å². The number of carbonyl (C=O) groups excluding carboxylic acids is 1. The molecule has 0 heterocycles. The van der Waals surface area contributed by atoms with Crippen LogP contribution in [0.2, 0.25) is 0 Å². The lowest BCUT2D eigenvalue weighted by molar-refractivity contribution is 0.0734. The summed E-state index contributed by atoms with van der Waals surface area (Å²) in [5.74, 6) is 0.457. The monoisotopic (exact) mass is 504 g/mol. The van der Waals surface area contributed by atoms with E-state index in [1.54, 1.807) is 36.4 Å². The number of nitrogens with zero attached hydrogens (tertiary/aromatic N) is 1. The molecule has 36 heavy (non-hydrogen) atoms. The molecule has 0 fully saturated rings. The summed E-state index contributed by atoms with van der Waals surface area (Å²) in [5.41, 5.74) is 1.63. The smallest absolute Gasteiger partial charge is 0.343 e. The maximum Gasteiger partial charge on any atom is 0.343 e. The van der Waals surface area contributed by atoms with Gasteiger partial charge in [-0.05, 0) is 54.1 Å². The third-order valence-corrected chi connectivity index (χ3v) is 6.69. The number of hydrogen-bond acceptors (Lipinski definition) is 7. The summed E-state index contributed by atoms with van der Waals surface area (Å²) in [6.45, 7) is 1.87. The maximum absolute atomic E-state index is 12.9. The van der Waals surface area contributed by atoms with Crippen molar-refractivity contribution in [1.82, 2.24) is 4.83 Å². The third kappa shape index (κ3) is 5.31. The van der Waals surface area contributed by atoms with Crippen LogP contribution in [0.4, 0.5) is 0 Å². The fourth-order valence-corrected chi connectivity index (χ4v) is 4.34. The van der Waals surface area contributed by atoms with Crippen molar-refractivity contribution >= 4 is 33.0 Å². The molecule has 184 valence electrons. The Kier molecular flexibility index (Phi) is 7.21. The SMILES string of the molecule is COc1ccc(C(=O)Oc2ccc3ccccc3c2/C=N\NS(=O)(=O)c2ccc(C)cc2)cc1OC. The highest BCUT2D eigenvalue weighted by atomic mass is 32.2. The molecule has 9 heteroatoms. The van der Waals surface area contributed by atoms with Crippen molar-refractivity contribution in [2.24, 2.45) is 5.10 Å². The number of sulfonamides is 1. The van der Waals surface area contributed by atoms with Gasteiger partial charge in [-0.2, -0.15) is 13.5 Å². The first-order valence-electron chi connectivity index (χ1n) is 10.9. The fourth-order valence-electron chi connectivity index (χ4n) is 3.55. The number of carbonyl (C=O) groups is 1. The van der Waals surface area contributed by atoms with Crippen molar-refractivity contribution in [3.05, 3.63) is 95.6 Å². The van der Waals surface area contributed by atoms with Gasteiger partial charge in [-0.25, -0.2) is 9.63 Å². The van der Waals surface area contributed by atoms with Crippen LogP contribution in [0.25, 0.3) is 10.8 Å². The normalized spacial score (nSPS) is 11.4. The number of methoxy groups -OCH3 is 2. The summed E-state index contributed by atoms with van der Waals surface area (Å²) in [5, 5.41) is 5.56. The average Bonchev–Trinajstić information content (AvgIpc) is 2.89. The van der Waals surface area contributed by atoms with E-state index >= 15 is 0 Å². The third-order valence-electron chi connectivity index (χ3n) is 5.45. The van der Waals surface area contributed by atoms with E-state index in [-0.39, 0.29) is 16.2 Å². The number of nitrogens with one attached hydrogen (secondary N) is 1. The largest absolute Gasteiger partial charge is 0.493 e. The summed E-state index contributed by atoms with van der Waals surface area (Å²) >= 11 is 0. The molecule has 8 nitrogen and oxygen atoms in total. The van der Waals surface area contributed by atoms with Crippen LogP contribution >= 0.6 is 0 Å². The lowest BCUT2D eigenvalue weighted by Crippen LogP contribution is -2.18. The molecule has 0 radical (unpaired) electrons. The molecular formula is C27H24N2O6S. The topological polar surface area (TPSA) is 103 Å². The van der Waals surface area contributed by atoms with Gasteiger partial charge in [-0.1, -0.05) is 48.0 Å². The Morgan fingerprint density at radius 3 is 2.28 bits per heavy atom. The number of benzene rings is 4. The molecule has 4 aromatic rings. The predicted octanol–water partition coefficient (Wildman–Crippen LogP) is 4.70. The van der Waals surface area contributed by atoms with Gasteiger partial charge in [0.05, 0.1) is 30.9 Å². The molecule has 4 aromatic carbocycles. The Hall–Kier alpha value is -4.37. The quantitative estimate of drug-likeness (QED) is 0.162. The van der Waals surface area contributed by atoms with Crippen LogP contribution in [0.15, 0.2) is 88.9 Å². The molecule has 0 aliphatic heterocycles. The zero-order chi connectivity index (χ0) is 25.7. The lowest BCUT2D eigenvalue weighted by atomic mass is 10.0. The van der Waals surface area contributed by atoms with Crippen LogP contribution < -0.4 is 19.0 Å². The van der Waals surface area contributed by atoms with Gasteiger partial charge in [0.15, 0.2) is 11.5 Å². The van der Waals surface area contributed by atoms with Crippen LogP contribution in [0.3, 0.4) is 0 Å². The Labute approximate surface area is 209 Å². The van der Waals surface area contributed by atoms with E-state index in [2.05, 4.69) is 9.93 Å². The molecule has 0 aliphatic carbocycles. The summed E-state index contributed by atoms with van der Waals surface area (Å²) in [7, 11) is -0.897. The van der Waals surface area contributed by atoms with Crippen LogP contribution in [-0.2, 0) is 10.0 Å². The van der Waals surface area contributed by atoms with Crippen LogP contribution in [0.1, 0.15) is 21.5 Å². The standard InChI is InChI=1S/C27H24N2O6S/c1-18-8-12-21(13-9-18)36(31,32)29-28-17-23-22-7-5-4-6-19(22)10-14-24(23)35-27(30)20-11-15-25(33-2)26(16-20)34-3/h4-17,29H,1-3H3/b28-17-. The van der Waals surface area contributed by atoms with E-state index in [0.717, 1.165) is 16.3 Å². The maximum atomic E-state index is 12.9. The average molecular weight is 505 g/mol. The van der Waals surface area contributed by atoms with Crippen LogP contribution in [0.5, 0.6) is 17.2 Å². The van der Waals surface area contributed by atoms with Gasteiger partial charge < -0.3 is 14.2 Å². The van der Waals surface area contributed by atoms with Gasteiger partial charge in [0.1, 0.15) is 5.75 Å². The first kappa shape index (κ1) is 24.7. The molecule has 0 saturated carbocycles. The first-order chi connectivity index (χ1) is 17.3. The van der Waals surface area contributed by atoms with Crippen molar-refractivity contribution in [3.8, 4) is 17.2 Å². The van der Waals surface area contributed by atoms with Crippen molar-refractivity contribution in [3.63, 3.8) is 0 Å². The lowest BCUT2D eigenvalue weighted by Gasteiger charge is -2.12. The van der Waals surface area contributed by atoms with Gasteiger partial charge in [0.2, 0.25) is 0 Å². The molecule has 0 unspecified atom stereocenters. The first-order valence-corrected chi connectivity index (χ1v) is 12.4. The van der Waals surface area contributed by atoms with Gasteiger partial charge in [-0.3, -0.25) is 0 Å². The Morgan fingerprint density at radius 2 is 1.56 bits per heavy atom. The second-order valence-electron chi connectivity index (χ2n) is 7.82. The zero-order valence-corrected chi connectivity index (χ0v) is 20.7. The summed E-state index contributed by atoms with van der Waals surface area (Å²) in [4.78, 5) is 15.2.